The lowest BCUT2D eigenvalue weighted by Gasteiger charge is -2.28. The topological polar surface area (TPSA) is 26.0 Å². The second kappa shape index (κ2) is 11.7. The maximum absolute atomic E-state index is 4.25. The number of nitrogens with zero attached hydrogens (tertiary/aromatic N) is 4. The molecule has 4 heteroatoms. The Morgan fingerprint density at radius 1 is 0.500 bits per heavy atom. The normalized spacial score (nSPS) is 13.0. The number of para-hydroxylation sites is 2. The van der Waals surface area contributed by atoms with E-state index in [0.29, 0.717) is 0 Å². The minimum Gasteiger partial charge on any atom is -0.310 e. The quantitative estimate of drug-likeness (QED) is 0.176. The molecule has 0 saturated heterocycles. The van der Waals surface area contributed by atoms with Crippen LogP contribution in [0.25, 0.3) is 55.4 Å². The smallest absolute Gasteiger partial charge is 0.0991 e. The Hall–Kier alpha value is -6.65. The van der Waals surface area contributed by atoms with Crippen molar-refractivity contribution in [1.82, 2.24) is 14.1 Å². The van der Waals surface area contributed by atoms with E-state index in [4.69, 9.17) is 0 Å². The minimum atomic E-state index is -0.0922. The van der Waals surface area contributed by atoms with Gasteiger partial charge in [0, 0.05) is 57.0 Å². The van der Waals surface area contributed by atoms with Crippen molar-refractivity contribution in [2.75, 3.05) is 4.90 Å². The number of benzene rings is 7. The van der Waals surface area contributed by atoms with Crippen LogP contribution in [0.1, 0.15) is 25.0 Å². The van der Waals surface area contributed by atoms with E-state index in [-0.39, 0.29) is 5.41 Å². The molecule has 0 fully saturated rings. The van der Waals surface area contributed by atoms with Gasteiger partial charge in [0.1, 0.15) is 0 Å². The van der Waals surface area contributed by atoms with Crippen LogP contribution in [0.15, 0.2) is 183 Å². The van der Waals surface area contributed by atoms with Gasteiger partial charge in [-0.3, -0.25) is 0 Å². The van der Waals surface area contributed by atoms with Gasteiger partial charge in [-0.25, -0.2) is 4.98 Å². The van der Waals surface area contributed by atoms with Crippen molar-refractivity contribution in [3.63, 3.8) is 0 Å². The fourth-order valence-corrected chi connectivity index (χ4v) is 8.27. The van der Waals surface area contributed by atoms with E-state index in [1.54, 1.807) is 0 Å². The Balaban J connectivity index is 1.07. The van der Waals surface area contributed by atoms with E-state index in [1.165, 1.54) is 60.9 Å². The lowest BCUT2D eigenvalue weighted by molar-refractivity contribution is 0.660. The maximum atomic E-state index is 4.25. The molecule has 0 bridgehead atoms. The lowest BCUT2D eigenvalue weighted by Crippen LogP contribution is -2.16. The first-order chi connectivity index (χ1) is 25.5. The van der Waals surface area contributed by atoms with Gasteiger partial charge in [-0.2, -0.15) is 0 Å². The highest BCUT2D eigenvalue weighted by molar-refractivity contribution is 6.10. The van der Waals surface area contributed by atoms with Crippen molar-refractivity contribution in [2.45, 2.75) is 19.3 Å². The summed E-state index contributed by atoms with van der Waals surface area (Å²) in [6.07, 6.45) is 5.62. The van der Waals surface area contributed by atoms with Gasteiger partial charge < -0.3 is 14.0 Å². The van der Waals surface area contributed by atoms with Crippen molar-refractivity contribution < 1.29 is 0 Å². The Bertz CT molecular complexity index is 2740. The average molecular weight is 669 g/mol. The fourth-order valence-electron chi connectivity index (χ4n) is 8.27. The van der Waals surface area contributed by atoms with Gasteiger partial charge >= 0.3 is 0 Å². The van der Waals surface area contributed by atoms with E-state index in [9.17, 15) is 0 Å². The van der Waals surface area contributed by atoms with Crippen LogP contribution in [0, 0.1) is 0 Å². The van der Waals surface area contributed by atoms with Crippen LogP contribution in [0.4, 0.5) is 17.1 Å². The zero-order valence-electron chi connectivity index (χ0n) is 29.1. The second-order valence-electron chi connectivity index (χ2n) is 14.2. The molecule has 0 amide bonds. The summed E-state index contributed by atoms with van der Waals surface area (Å²) in [5.74, 6) is 0. The Labute approximate surface area is 303 Å². The van der Waals surface area contributed by atoms with Crippen LogP contribution in [0.5, 0.6) is 0 Å². The molecule has 0 spiro atoms. The number of fused-ring (bicyclic) bond motifs is 6. The Morgan fingerprint density at radius 2 is 1.15 bits per heavy atom. The zero-order chi connectivity index (χ0) is 34.8. The van der Waals surface area contributed by atoms with Gasteiger partial charge in [0.05, 0.1) is 17.4 Å². The van der Waals surface area contributed by atoms with E-state index in [0.717, 1.165) is 22.7 Å². The van der Waals surface area contributed by atoms with Gasteiger partial charge in [0.2, 0.25) is 0 Å². The summed E-state index contributed by atoms with van der Waals surface area (Å²) < 4.78 is 4.40. The van der Waals surface area contributed by atoms with Crippen LogP contribution in [0.3, 0.4) is 0 Å². The molecule has 10 rings (SSSR count). The largest absolute Gasteiger partial charge is 0.310 e. The highest BCUT2D eigenvalue weighted by Gasteiger charge is 2.35. The summed E-state index contributed by atoms with van der Waals surface area (Å²) in [6, 6.07) is 59.7. The highest BCUT2D eigenvalue weighted by Crippen LogP contribution is 2.50. The molecule has 0 N–H and O–H groups in total. The van der Waals surface area contributed by atoms with E-state index >= 15 is 0 Å². The third-order valence-electron chi connectivity index (χ3n) is 10.9. The van der Waals surface area contributed by atoms with Crippen LogP contribution >= 0.6 is 0 Å². The average Bonchev–Trinajstić information content (AvgIpc) is 3.91. The van der Waals surface area contributed by atoms with Gasteiger partial charge in [0.15, 0.2) is 0 Å². The molecule has 2 heterocycles. The van der Waals surface area contributed by atoms with E-state index < -0.39 is 0 Å². The summed E-state index contributed by atoms with van der Waals surface area (Å²) in [5.41, 5.74) is 15.7. The van der Waals surface area contributed by atoms with Crippen LogP contribution in [0.2, 0.25) is 0 Å². The Kier molecular flexibility index (Phi) is 6.80. The van der Waals surface area contributed by atoms with Crippen molar-refractivity contribution in [3.8, 4) is 33.6 Å². The van der Waals surface area contributed by atoms with Crippen LogP contribution in [-0.2, 0) is 5.41 Å². The molecule has 248 valence electrons. The molecular formula is C48H36N4. The highest BCUT2D eigenvalue weighted by atomic mass is 15.1. The third kappa shape index (κ3) is 4.72. The van der Waals surface area contributed by atoms with Crippen LogP contribution < -0.4 is 4.90 Å². The summed E-state index contributed by atoms with van der Waals surface area (Å²) in [4.78, 5) is 6.62. The molecule has 1 aliphatic carbocycles. The number of imidazole rings is 1. The van der Waals surface area contributed by atoms with Gasteiger partial charge in [-0.05, 0) is 112 Å². The molecule has 7 aromatic carbocycles. The molecule has 0 saturated carbocycles. The summed E-state index contributed by atoms with van der Waals surface area (Å²) in [7, 11) is 0. The molecule has 1 aliphatic rings. The molecular weight excluding hydrogens is 633 g/mol. The van der Waals surface area contributed by atoms with E-state index in [1.807, 2.05) is 23.3 Å². The standard InChI is InChI=1S/C48H36N4/c1-48(2)44-14-8-6-12-40(44)41-26-25-39(31-45(41)48)51(38-23-21-35(22-24-38)50-29-28-49-32-50)37-19-16-33(17-20-37)34-18-27-47-43(30-34)42-13-7-9-15-46(42)52(47)36-10-4-3-5-11-36/h3-32H,1-2H3. The van der Waals surface area contributed by atoms with Crippen molar-refractivity contribution in [1.29, 1.82) is 0 Å². The monoisotopic (exact) mass is 668 g/mol. The molecule has 0 aliphatic heterocycles. The number of rotatable bonds is 6. The minimum absolute atomic E-state index is 0.0922. The number of hydrogen-bond acceptors (Lipinski definition) is 2. The van der Waals surface area contributed by atoms with Gasteiger partial charge in [-0.1, -0.05) is 98.8 Å². The summed E-state index contributed by atoms with van der Waals surface area (Å²) >= 11 is 0. The predicted molar refractivity (Wildman–Crippen MR) is 216 cm³/mol. The van der Waals surface area contributed by atoms with Crippen molar-refractivity contribution in [2.24, 2.45) is 0 Å². The first kappa shape index (κ1) is 30.2. The molecule has 0 radical (unpaired) electrons. The maximum Gasteiger partial charge on any atom is 0.0991 e. The molecule has 2 aromatic heterocycles. The first-order valence-corrected chi connectivity index (χ1v) is 17.9. The second-order valence-corrected chi connectivity index (χ2v) is 14.2. The first-order valence-electron chi connectivity index (χ1n) is 17.9. The summed E-state index contributed by atoms with van der Waals surface area (Å²) in [5, 5.41) is 2.51. The predicted octanol–water partition coefficient (Wildman–Crippen LogP) is 12.4. The fraction of sp³-hybridized carbons (Fsp3) is 0.0625. The molecule has 52 heavy (non-hydrogen) atoms. The molecule has 9 aromatic rings. The number of aromatic nitrogens is 3. The van der Waals surface area contributed by atoms with Crippen molar-refractivity contribution >= 4 is 38.9 Å². The van der Waals surface area contributed by atoms with Gasteiger partial charge in [0.25, 0.3) is 0 Å². The lowest BCUT2D eigenvalue weighted by atomic mass is 9.82. The van der Waals surface area contributed by atoms with Crippen molar-refractivity contribution in [3.05, 3.63) is 194 Å². The number of anilines is 3. The summed E-state index contributed by atoms with van der Waals surface area (Å²) in [6.45, 7) is 4.68. The van der Waals surface area contributed by atoms with Crippen LogP contribution in [-0.4, -0.2) is 14.1 Å². The van der Waals surface area contributed by atoms with E-state index in [2.05, 4.69) is 192 Å². The SMILES string of the molecule is CC1(C)c2ccccc2-c2ccc(N(c3ccc(-c4ccc5c(c4)c4ccccc4n5-c4ccccc4)cc3)c3ccc(-n4ccnc4)cc3)cc21. The molecule has 4 nitrogen and oxygen atoms in total. The number of hydrogen-bond donors (Lipinski definition) is 0. The third-order valence-corrected chi connectivity index (χ3v) is 10.9. The van der Waals surface area contributed by atoms with Gasteiger partial charge in [-0.15, -0.1) is 0 Å². The molecule has 0 atom stereocenters. The zero-order valence-corrected chi connectivity index (χ0v) is 29.1. The Morgan fingerprint density at radius 3 is 1.94 bits per heavy atom. The molecule has 0 unspecified atom stereocenters.